The summed E-state index contributed by atoms with van der Waals surface area (Å²) in [6.07, 6.45) is 5.11. The Morgan fingerprint density at radius 2 is 2.08 bits per heavy atom. The molecular weight excluding hydrogens is 417 g/mol. The van der Waals surface area contributed by atoms with Crippen LogP contribution in [0.2, 0.25) is 10.0 Å². The van der Waals surface area contributed by atoms with E-state index in [0.717, 1.165) is 10.0 Å². The molecule has 0 fully saturated rings. The topological polar surface area (TPSA) is 64.7 Å². The van der Waals surface area contributed by atoms with Crippen molar-refractivity contribution in [3.05, 3.63) is 62.9 Å². The van der Waals surface area contributed by atoms with Crippen molar-refractivity contribution >= 4 is 50.9 Å². The summed E-state index contributed by atoms with van der Waals surface area (Å²) in [7, 11) is 0. The standard InChI is InChI=1S/C15H12BrCl2N5O/c16-11-6-19-23(8-11)9-15(24)20-14-3-4-22(21-14)7-10-1-2-12(17)5-13(10)18/h1-6,8H,7,9H2,(H,20,21,24). The minimum atomic E-state index is -0.208. The maximum absolute atomic E-state index is 12.0. The monoisotopic (exact) mass is 427 g/mol. The Morgan fingerprint density at radius 1 is 1.25 bits per heavy atom. The zero-order valence-electron chi connectivity index (χ0n) is 12.3. The normalized spacial score (nSPS) is 10.8. The molecule has 0 spiro atoms. The maximum Gasteiger partial charge on any atom is 0.247 e. The predicted molar refractivity (Wildman–Crippen MR) is 96.3 cm³/mol. The van der Waals surface area contributed by atoms with Gasteiger partial charge in [0, 0.05) is 28.5 Å². The minimum Gasteiger partial charge on any atom is -0.308 e. The van der Waals surface area contributed by atoms with Crippen molar-refractivity contribution in [1.29, 1.82) is 0 Å². The van der Waals surface area contributed by atoms with Gasteiger partial charge in [-0.3, -0.25) is 14.2 Å². The van der Waals surface area contributed by atoms with Crippen LogP contribution in [-0.4, -0.2) is 25.5 Å². The summed E-state index contributed by atoms with van der Waals surface area (Å²) in [5.74, 6) is 0.261. The van der Waals surface area contributed by atoms with Gasteiger partial charge in [0.05, 0.1) is 17.2 Å². The molecule has 0 aliphatic carbocycles. The molecule has 0 radical (unpaired) electrons. The Morgan fingerprint density at radius 3 is 2.79 bits per heavy atom. The van der Waals surface area contributed by atoms with E-state index in [-0.39, 0.29) is 12.5 Å². The van der Waals surface area contributed by atoms with E-state index in [1.54, 1.807) is 41.5 Å². The Labute approximate surface area is 156 Å². The second-order valence-corrected chi connectivity index (χ2v) is 6.80. The molecule has 1 N–H and O–H groups in total. The SMILES string of the molecule is O=C(Cn1cc(Br)cn1)Nc1ccn(Cc2ccc(Cl)cc2Cl)n1. The molecule has 0 saturated carbocycles. The summed E-state index contributed by atoms with van der Waals surface area (Å²) in [5, 5.41) is 12.2. The van der Waals surface area contributed by atoms with Gasteiger partial charge in [0.2, 0.25) is 5.91 Å². The molecule has 2 heterocycles. The number of aromatic nitrogens is 4. The lowest BCUT2D eigenvalue weighted by atomic mass is 10.2. The third-order valence-corrected chi connectivity index (χ3v) is 4.16. The Balaban J connectivity index is 1.61. The highest BCUT2D eigenvalue weighted by Gasteiger charge is 2.08. The molecule has 0 saturated heterocycles. The highest BCUT2D eigenvalue weighted by atomic mass is 79.9. The van der Waals surface area contributed by atoms with Crippen molar-refractivity contribution < 1.29 is 4.79 Å². The lowest BCUT2D eigenvalue weighted by molar-refractivity contribution is -0.116. The molecule has 3 rings (SSSR count). The summed E-state index contributed by atoms with van der Waals surface area (Å²) >= 11 is 15.3. The second kappa shape index (κ2) is 7.38. The van der Waals surface area contributed by atoms with Gasteiger partial charge < -0.3 is 5.32 Å². The van der Waals surface area contributed by atoms with Crippen LogP contribution >= 0.6 is 39.1 Å². The fourth-order valence-corrected chi connectivity index (χ4v) is 2.89. The first-order chi connectivity index (χ1) is 11.5. The molecular formula is C15H12BrCl2N5O. The van der Waals surface area contributed by atoms with Crippen LogP contribution in [0.3, 0.4) is 0 Å². The zero-order chi connectivity index (χ0) is 17.1. The van der Waals surface area contributed by atoms with Crippen LogP contribution in [0.15, 0.2) is 47.3 Å². The van der Waals surface area contributed by atoms with Gasteiger partial charge in [0.25, 0.3) is 0 Å². The van der Waals surface area contributed by atoms with Crippen LogP contribution in [0.25, 0.3) is 0 Å². The van der Waals surface area contributed by atoms with Crippen molar-refractivity contribution in [3.8, 4) is 0 Å². The van der Waals surface area contributed by atoms with Crippen molar-refractivity contribution in [2.45, 2.75) is 13.1 Å². The molecule has 2 aromatic heterocycles. The molecule has 0 bridgehead atoms. The number of benzene rings is 1. The van der Waals surface area contributed by atoms with Crippen LogP contribution in [-0.2, 0) is 17.9 Å². The fraction of sp³-hybridized carbons (Fsp3) is 0.133. The van der Waals surface area contributed by atoms with Crippen molar-refractivity contribution in [1.82, 2.24) is 19.6 Å². The van der Waals surface area contributed by atoms with Crippen LogP contribution in [0.4, 0.5) is 5.82 Å². The van der Waals surface area contributed by atoms with Crippen molar-refractivity contribution in [3.63, 3.8) is 0 Å². The van der Waals surface area contributed by atoms with E-state index in [1.807, 2.05) is 6.07 Å². The first-order valence-corrected chi connectivity index (χ1v) is 8.50. The number of nitrogens with one attached hydrogen (secondary N) is 1. The average molecular weight is 429 g/mol. The van der Waals surface area contributed by atoms with E-state index >= 15 is 0 Å². The van der Waals surface area contributed by atoms with Gasteiger partial charge in [0.1, 0.15) is 6.54 Å². The molecule has 24 heavy (non-hydrogen) atoms. The average Bonchev–Trinajstić information content (AvgIpc) is 3.11. The molecule has 0 unspecified atom stereocenters. The van der Waals surface area contributed by atoms with Crippen molar-refractivity contribution in [2.24, 2.45) is 0 Å². The summed E-state index contributed by atoms with van der Waals surface area (Å²) in [4.78, 5) is 12.0. The summed E-state index contributed by atoms with van der Waals surface area (Å²) in [6.45, 7) is 0.597. The number of hydrogen-bond acceptors (Lipinski definition) is 3. The van der Waals surface area contributed by atoms with Crippen LogP contribution < -0.4 is 5.32 Å². The van der Waals surface area contributed by atoms with Crippen LogP contribution in [0.5, 0.6) is 0 Å². The highest BCUT2D eigenvalue weighted by molar-refractivity contribution is 9.10. The van der Waals surface area contributed by atoms with Gasteiger partial charge in [-0.05, 0) is 33.6 Å². The summed E-state index contributed by atoms with van der Waals surface area (Å²) in [5.41, 5.74) is 0.892. The molecule has 3 aromatic rings. The van der Waals surface area contributed by atoms with E-state index < -0.39 is 0 Å². The lowest BCUT2D eigenvalue weighted by Gasteiger charge is -2.05. The number of rotatable bonds is 5. The molecule has 6 nitrogen and oxygen atoms in total. The van der Waals surface area contributed by atoms with E-state index in [0.29, 0.717) is 22.4 Å². The number of carbonyl (C=O) groups is 1. The first-order valence-electron chi connectivity index (χ1n) is 6.95. The number of amides is 1. The number of anilines is 1. The van der Waals surface area contributed by atoms with Crippen molar-refractivity contribution in [2.75, 3.05) is 5.32 Å². The van der Waals surface area contributed by atoms with Crippen LogP contribution in [0.1, 0.15) is 5.56 Å². The largest absolute Gasteiger partial charge is 0.308 e. The zero-order valence-corrected chi connectivity index (χ0v) is 15.4. The quantitative estimate of drug-likeness (QED) is 0.671. The molecule has 9 heteroatoms. The maximum atomic E-state index is 12.0. The van der Waals surface area contributed by atoms with Gasteiger partial charge in [-0.1, -0.05) is 29.3 Å². The minimum absolute atomic E-state index is 0.113. The first kappa shape index (κ1) is 17.0. The Kier molecular flexibility index (Phi) is 5.23. The molecule has 124 valence electrons. The van der Waals surface area contributed by atoms with Gasteiger partial charge in [0.15, 0.2) is 5.82 Å². The van der Waals surface area contributed by atoms with E-state index in [1.165, 1.54) is 4.68 Å². The lowest BCUT2D eigenvalue weighted by Crippen LogP contribution is -2.19. The number of carbonyl (C=O) groups excluding carboxylic acids is 1. The van der Waals surface area contributed by atoms with Gasteiger partial charge in [-0.25, -0.2) is 0 Å². The van der Waals surface area contributed by atoms with Gasteiger partial charge in [-0.2, -0.15) is 10.2 Å². The molecule has 1 aromatic carbocycles. The van der Waals surface area contributed by atoms with E-state index in [2.05, 4.69) is 31.4 Å². The molecule has 0 atom stereocenters. The Hall–Kier alpha value is -1.83. The molecule has 0 aliphatic heterocycles. The number of halogens is 3. The Bertz CT molecular complexity index is 876. The van der Waals surface area contributed by atoms with Gasteiger partial charge >= 0.3 is 0 Å². The highest BCUT2D eigenvalue weighted by Crippen LogP contribution is 2.21. The number of nitrogens with zero attached hydrogens (tertiary/aromatic N) is 4. The smallest absolute Gasteiger partial charge is 0.247 e. The second-order valence-electron chi connectivity index (χ2n) is 5.04. The molecule has 0 aliphatic rings. The van der Waals surface area contributed by atoms with E-state index in [4.69, 9.17) is 23.2 Å². The van der Waals surface area contributed by atoms with Crippen LogP contribution in [0, 0.1) is 0 Å². The summed E-state index contributed by atoms with van der Waals surface area (Å²) < 4.78 is 4.04. The van der Waals surface area contributed by atoms with E-state index in [9.17, 15) is 4.79 Å². The predicted octanol–water partition coefficient (Wildman–Crippen LogP) is 3.84. The van der Waals surface area contributed by atoms with Gasteiger partial charge in [-0.15, -0.1) is 0 Å². The fourth-order valence-electron chi connectivity index (χ4n) is 2.10. The number of hydrogen-bond donors (Lipinski definition) is 1. The third kappa shape index (κ3) is 4.37. The third-order valence-electron chi connectivity index (χ3n) is 3.16. The molecule has 1 amide bonds. The summed E-state index contributed by atoms with van der Waals surface area (Å²) in [6, 6.07) is 7.03.